The molecule has 4 nitrogen and oxygen atoms in total. The van der Waals surface area contributed by atoms with E-state index in [2.05, 4.69) is 65.5 Å². The monoisotopic (exact) mass is 384 g/mol. The van der Waals surface area contributed by atoms with E-state index >= 15 is 0 Å². The van der Waals surface area contributed by atoms with Crippen molar-refractivity contribution in [2.24, 2.45) is 5.92 Å². The Balaban J connectivity index is 2.52. The van der Waals surface area contributed by atoms with Crippen molar-refractivity contribution >= 4 is 22.0 Å². The minimum Gasteiger partial charge on any atom is -0.444 e. The van der Waals surface area contributed by atoms with Crippen LogP contribution >= 0.6 is 15.9 Å². The van der Waals surface area contributed by atoms with Crippen LogP contribution in [0.2, 0.25) is 0 Å². The lowest BCUT2D eigenvalue weighted by molar-refractivity contribution is 0.0519. The lowest BCUT2D eigenvalue weighted by Gasteiger charge is -2.25. The van der Waals surface area contributed by atoms with Gasteiger partial charge in [-0.2, -0.15) is 0 Å². The first kappa shape index (κ1) is 20.0. The normalized spacial score (nSPS) is 13.0. The average molecular weight is 385 g/mol. The standard InChI is InChI=1S/C18H29BrN2O2/c1-12(2)16(11-21-17(22)23-18(4,5)6)20-10-14-8-7-13(3)15(19)9-14/h7-9,12,16,20H,10-11H2,1-6H3,(H,21,22). The van der Waals surface area contributed by atoms with E-state index < -0.39 is 5.60 Å². The third-order valence-corrected chi connectivity index (χ3v) is 4.33. The number of carbonyl (C=O) groups excluding carboxylic acids is 1. The van der Waals surface area contributed by atoms with Crippen LogP contribution in [-0.2, 0) is 11.3 Å². The summed E-state index contributed by atoms with van der Waals surface area (Å²) in [6.45, 7) is 13.2. The number of amides is 1. The van der Waals surface area contributed by atoms with Gasteiger partial charge in [-0.3, -0.25) is 0 Å². The largest absolute Gasteiger partial charge is 0.444 e. The van der Waals surface area contributed by atoms with Crippen molar-refractivity contribution in [2.75, 3.05) is 6.54 Å². The quantitative estimate of drug-likeness (QED) is 0.763. The molecule has 130 valence electrons. The second-order valence-corrected chi connectivity index (χ2v) is 8.05. The molecule has 2 N–H and O–H groups in total. The first-order valence-electron chi connectivity index (χ1n) is 8.04. The van der Waals surface area contributed by atoms with E-state index in [9.17, 15) is 4.79 Å². The molecular formula is C18H29BrN2O2. The van der Waals surface area contributed by atoms with Crippen molar-refractivity contribution in [1.29, 1.82) is 0 Å². The third kappa shape index (κ3) is 7.84. The molecule has 1 unspecified atom stereocenters. The van der Waals surface area contributed by atoms with Gasteiger partial charge in [-0.1, -0.05) is 41.9 Å². The van der Waals surface area contributed by atoms with E-state index in [0.29, 0.717) is 12.5 Å². The molecule has 0 aliphatic carbocycles. The smallest absolute Gasteiger partial charge is 0.407 e. The van der Waals surface area contributed by atoms with Crippen molar-refractivity contribution in [3.05, 3.63) is 33.8 Å². The van der Waals surface area contributed by atoms with Crippen LogP contribution in [0.15, 0.2) is 22.7 Å². The van der Waals surface area contributed by atoms with E-state index in [1.165, 1.54) is 11.1 Å². The zero-order valence-corrected chi connectivity index (χ0v) is 16.6. The molecule has 1 atom stereocenters. The number of halogens is 1. The minimum absolute atomic E-state index is 0.183. The van der Waals surface area contributed by atoms with Gasteiger partial charge in [-0.25, -0.2) is 4.79 Å². The SMILES string of the molecule is Cc1ccc(CNC(CNC(=O)OC(C)(C)C)C(C)C)cc1Br. The predicted molar refractivity (Wildman–Crippen MR) is 98.6 cm³/mol. The number of hydrogen-bond acceptors (Lipinski definition) is 3. The molecule has 1 rings (SSSR count). The third-order valence-electron chi connectivity index (χ3n) is 3.47. The molecule has 0 fully saturated rings. The molecule has 23 heavy (non-hydrogen) atoms. The van der Waals surface area contributed by atoms with Crippen LogP contribution in [0.3, 0.4) is 0 Å². The molecule has 0 saturated carbocycles. The van der Waals surface area contributed by atoms with Crippen molar-refractivity contribution in [3.8, 4) is 0 Å². The van der Waals surface area contributed by atoms with Crippen LogP contribution in [0, 0.1) is 12.8 Å². The van der Waals surface area contributed by atoms with Crippen LogP contribution in [0.5, 0.6) is 0 Å². The van der Waals surface area contributed by atoms with Gasteiger partial charge < -0.3 is 15.4 Å². The summed E-state index contributed by atoms with van der Waals surface area (Å²) in [5, 5.41) is 6.35. The Morgan fingerprint density at radius 2 is 1.96 bits per heavy atom. The molecule has 1 amide bonds. The van der Waals surface area contributed by atoms with E-state index in [1.54, 1.807) is 0 Å². The number of alkyl carbamates (subject to hydrolysis) is 1. The van der Waals surface area contributed by atoms with Crippen LogP contribution in [0.25, 0.3) is 0 Å². The second-order valence-electron chi connectivity index (χ2n) is 7.20. The fourth-order valence-corrected chi connectivity index (χ4v) is 2.47. The number of carbonyl (C=O) groups is 1. The summed E-state index contributed by atoms with van der Waals surface area (Å²) in [7, 11) is 0. The Morgan fingerprint density at radius 3 is 2.48 bits per heavy atom. The summed E-state index contributed by atoms with van der Waals surface area (Å²) >= 11 is 3.56. The second kappa shape index (κ2) is 8.69. The number of benzene rings is 1. The molecule has 0 spiro atoms. The Morgan fingerprint density at radius 1 is 1.30 bits per heavy atom. The number of ether oxygens (including phenoxy) is 1. The molecule has 0 aliphatic rings. The summed E-state index contributed by atoms with van der Waals surface area (Å²) < 4.78 is 6.39. The summed E-state index contributed by atoms with van der Waals surface area (Å²) in [6.07, 6.45) is -0.372. The van der Waals surface area contributed by atoms with Crippen molar-refractivity contribution in [1.82, 2.24) is 10.6 Å². The summed E-state index contributed by atoms with van der Waals surface area (Å²) in [6, 6.07) is 6.53. The highest BCUT2D eigenvalue weighted by Crippen LogP contribution is 2.17. The van der Waals surface area contributed by atoms with E-state index in [-0.39, 0.29) is 12.1 Å². The van der Waals surface area contributed by atoms with Crippen molar-refractivity contribution in [2.45, 2.75) is 59.7 Å². The van der Waals surface area contributed by atoms with Gasteiger partial charge in [0.25, 0.3) is 0 Å². The Labute approximate surface area is 148 Å². The fraction of sp³-hybridized carbons (Fsp3) is 0.611. The molecule has 0 aliphatic heterocycles. The molecule has 5 heteroatoms. The van der Waals surface area contributed by atoms with Gasteiger partial charge in [0.1, 0.15) is 5.60 Å². The zero-order valence-electron chi connectivity index (χ0n) is 15.0. The van der Waals surface area contributed by atoms with Gasteiger partial charge >= 0.3 is 6.09 Å². The van der Waals surface area contributed by atoms with E-state index in [4.69, 9.17) is 4.74 Å². The lowest BCUT2D eigenvalue weighted by atomic mass is 10.0. The zero-order chi connectivity index (χ0) is 17.6. The van der Waals surface area contributed by atoms with Gasteiger partial charge in [0.15, 0.2) is 0 Å². The Kier molecular flexibility index (Phi) is 7.55. The van der Waals surface area contributed by atoms with E-state index in [0.717, 1.165) is 11.0 Å². The molecular weight excluding hydrogens is 356 g/mol. The fourth-order valence-electron chi connectivity index (χ4n) is 2.05. The van der Waals surface area contributed by atoms with Crippen molar-refractivity contribution in [3.63, 3.8) is 0 Å². The predicted octanol–water partition coefficient (Wildman–Crippen LogP) is 4.40. The molecule has 0 saturated heterocycles. The average Bonchev–Trinajstić information content (AvgIpc) is 2.40. The molecule has 1 aromatic rings. The highest BCUT2D eigenvalue weighted by atomic mass is 79.9. The Bertz CT molecular complexity index is 524. The summed E-state index contributed by atoms with van der Waals surface area (Å²) in [4.78, 5) is 11.8. The highest BCUT2D eigenvalue weighted by Gasteiger charge is 2.18. The Hall–Kier alpha value is -1.07. The topological polar surface area (TPSA) is 50.4 Å². The number of rotatable bonds is 6. The maximum absolute atomic E-state index is 11.8. The van der Waals surface area contributed by atoms with Crippen molar-refractivity contribution < 1.29 is 9.53 Å². The van der Waals surface area contributed by atoms with Crippen LogP contribution < -0.4 is 10.6 Å². The van der Waals surface area contributed by atoms with E-state index in [1.807, 2.05) is 20.8 Å². The van der Waals surface area contributed by atoms with Gasteiger partial charge in [-0.05, 0) is 50.8 Å². The highest BCUT2D eigenvalue weighted by molar-refractivity contribution is 9.10. The maximum Gasteiger partial charge on any atom is 0.407 e. The van der Waals surface area contributed by atoms with Crippen LogP contribution in [0.1, 0.15) is 45.7 Å². The van der Waals surface area contributed by atoms with Crippen LogP contribution in [0.4, 0.5) is 4.79 Å². The van der Waals surface area contributed by atoms with Gasteiger partial charge in [0.2, 0.25) is 0 Å². The maximum atomic E-state index is 11.8. The van der Waals surface area contributed by atoms with Gasteiger partial charge in [0.05, 0.1) is 0 Å². The van der Waals surface area contributed by atoms with Gasteiger partial charge in [0, 0.05) is 23.6 Å². The molecule has 0 heterocycles. The van der Waals surface area contributed by atoms with Crippen LogP contribution in [-0.4, -0.2) is 24.3 Å². The minimum atomic E-state index is -0.473. The molecule has 0 aromatic heterocycles. The molecule has 0 bridgehead atoms. The van der Waals surface area contributed by atoms with Gasteiger partial charge in [-0.15, -0.1) is 0 Å². The molecule has 1 aromatic carbocycles. The number of hydrogen-bond donors (Lipinski definition) is 2. The number of nitrogens with one attached hydrogen (secondary N) is 2. The number of aryl methyl sites for hydroxylation is 1. The first-order chi connectivity index (χ1) is 10.6. The summed E-state index contributed by atoms with van der Waals surface area (Å²) in [5.41, 5.74) is 1.96. The first-order valence-corrected chi connectivity index (χ1v) is 8.83. The lowest BCUT2D eigenvalue weighted by Crippen LogP contribution is -2.45. The summed E-state index contributed by atoms with van der Waals surface area (Å²) in [5.74, 6) is 0.402. The molecule has 0 radical (unpaired) electrons.